The second-order valence-corrected chi connectivity index (χ2v) is 4.83. The number of carboxylic acid groups (broad SMARTS) is 1. The molecule has 0 bridgehead atoms. The Morgan fingerprint density at radius 1 is 1.44 bits per heavy atom. The third-order valence-electron chi connectivity index (χ3n) is 2.86. The fourth-order valence-corrected chi connectivity index (χ4v) is 2.13. The summed E-state index contributed by atoms with van der Waals surface area (Å²) in [5, 5.41) is 10.7. The highest BCUT2D eigenvalue weighted by atomic mass is 79.9. The van der Waals surface area contributed by atoms with Crippen LogP contribution in [0.4, 0.5) is 5.82 Å². The lowest BCUT2D eigenvalue weighted by Gasteiger charge is -2.33. The highest BCUT2D eigenvalue weighted by Gasteiger charge is 2.20. The summed E-state index contributed by atoms with van der Waals surface area (Å²) in [4.78, 5) is 17.1. The molecule has 0 unspecified atom stereocenters. The van der Waals surface area contributed by atoms with Crippen molar-refractivity contribution >= 4 is 27.7 Å². The van der Waals surface area contributed by atoms with E-state index in [4.69, 9.17) is 0 Å². The maximum atomic E-state index is 10.7. The minimum atomic E-state index is -0.927. The zero-order valence-electron chi connectivity index (χ0n) is 8.73. The number of pyridine rings is 1. The molecule has 1 aliphatic heterocycles. The van der Waals surface area contributed by atoms with Gasteiger partial charge in [-0.1, -0.05) is 0 Å². The molecule has 16 heavy (non-hydrogen) atoms. The largest absolute Gasteiger partial charge is 0.550 e. The van der Waals surface area contributed by atoms with E-state index >= 15 is 0 Å². The number of carbonyl (C=O) groups excluding carboxylic acids is 1. The van der Waals surface area contributed by atoms with Crippen molar-refractivity contribution < 1.29 is 9.90 Å². The van der Waals surface area contributed by atoms with Crippen LogP contribution in [0.2, 0.25) is 0 Å². The third kappa shape index (κ3) is 2.52. The van der Waals surface area contributed by atoms with Crippen LogP contribution in [0.1, 0.15) is 12.8 Å². The summed E-state index contributed by atoms with van der Waals surface area (Å²) in [7, 11) is 0. The molecule has 86 valence electrons. The predicted octanol–water partition coefficient (Wildman–Crippen LogP) is 0.810. The molecule has 4 nitrogen and oxygen atoms in total. The topological polar surface area (TPSA) is 56.3 Å². The predicted molar refractivity (Wildman–Crippen MR) is 61.9 cm³/mol. The Balaban J connectivity index is 1.99. The van der Waals surface area contributed by atoms with Crippen LogP contribution in [0.3, 0.4) is 0 Å². The smallest absolute Gasteiger partial charge is 0.128 e. The Morgan fingerprint density at radius 2 is 2.12 bits per heavy atom. The van der Waals surface area contributed by atoms with Crippen LogP contribution in [0.15, 0.2) is 22.8 Å². The van der Waals surface area contributed by atoms with Gasteiger partial charge in [-0.25, -0.2) is 4.98 Å². The summed E-state index contributed by atoms with van der Waals surface area (Å²) >= 11 is 3.33. The number of aliphatic carboxylic acids is 1. The van der Waals surface area contributed by atoms with Crippen LogP contribution < -0.4 is 10.0 Å². The minimum absolute atomic E-state index is 0.299. The fraction of sp³-hybridized carbons (Fsp3) is 0.455. The SMILES string of the molecule is O=C([O-])C1CCN(c2ccc(Br)cn2)CC1. The van der Waals surface area contributed by atoms with Gasteiger partial charge in [0.15, 0.2) is 0 Å². The van der Waals surface area contributed by atoms with Crippen molar-refractivity contribution in [2.75, 3.05) is 18.0 Å². The number of aromatic nitrogens is 1. The summed E-state index contributed by atoms with van der Waals surface area (Å²) in [6, 6.07) is 3.87. The molecule has 1 aromatic heterocycles. The van der Waals surface area contributed by atoms with Crippen molar-refractivity contribution in [1.29, 1.82) is 0 Å². The van der Waals surface area contributed by atoms with E-state index < -0.39 is 5.97 Å². The van der Waals surface area contributed by atoms with Gasteiger partial charge in [0, 0.05) is 35.6 Å². The highest BCUT2D eigenvalue weighted by Crippen LogP contribution is 2.22. The standard InChI is InChI=1S/C11H13BrN2O2/c12-9-1-2-10(13-7-9)14-5-3-8(4-6-14)11(15)16/h1-2,7-8H,3-6H2,(H,15,16)/p-1. The molecule has 0 N–H and O–H groups in total. The Morgan fingerprint density at radius 3 is 2.62 bits per heavy atom. The molecule has 0 spiro atoms. The van der Waals surface area contributed by atoms with Crippen LogP contribution in [-0.4, -0.2) is 24.0 Å². The molecular weight excluding hydrogens is 272 g/mol. The number of halogens is 1. The zero-order valence-corrected chi connectivity index (χ0v) is 10.3. The van der Waals surface area contributed by atoms with Gasteiger partial charge in [-0.2, -0.15) is 0 Å². The van der Waals surface area contributed by atoms with Gasteiger partial charge in [-0.15, -0.1) is 0 Å². The van der Waals surface area contributed by atoms with Crippen molar-refractivity contribution in [3.8, 4) is 0 Å². The monoisotopic (exact) mass is 283 g/mol. The quantitative estimate of drug-likeness (QED) is 0.806. The van der Waals surface area contributed by atoms with Crippen molar-refractivity contribution in [2.45, 2.75) is 12.8 Å². The molecular formula is C11H12BrN2O2-. The number of carbonyl (C=O) groups is 1. The van der Waals surface area contributed by atoms with Crippen LogP contribution >= 0.6 is 15.9 Å². The van der Waals surface area contributed by atoms with E-state index in [0.717, 1.165) is 23.4 Å². The van der Waals surface area contributed by atoms with Gasteiger partial charge in [-0.3, -0.25) is 0 Å². The van der Waals surface area contributed by atoms with Gasteiger partial charge in [0.25, 0.3) is 0 Å². The first kappa shape index (κ1) is 11.4. The Kier molecular flexibility index (Phi) is 3.43. The molecule has 0 amide bonds. The molecule has 1 fully saturated rings. The maximum absolute atomic E-state index is 10.7. The van der Waals surface area contributed by atoms with Crippen molar-refractivity contribution in [2.24, 2.45) is 5.92 Å². The molecule has 1 aliphatic rings. The number of hydrogen-bond acceptors (Lipinski definition) is 4. The maximum Gasteiger partial charge on any atom is 0.128 e. The summed E-state index contributed by atoms with van der Waals surface area (Å²) < 4.78 is 0.945. The zero-order chi connectivity index (χ0) is 11.5. The average Bonchev–Trinajstić information content (AvgIpc) is 2.30. The van der Waals surface area contributed by atoms with E-state index in [1.54, 1.807) is 6.20 Å². The van der Waals surface area contributed by atoms with Crippen LogP contribution in [0, 0.1) is 5.92 Å². The van der Waals surface area contributed by atoms with Crippen molar-refractivity contribution in [3.63, 3.8) is 0 Å². The molecule has 0 aliphatic carbocycles. The molecule has 5 heteroatoms. The highest BCUT2D eigenvalue weighted by molar-refractivity contribution is 9.10. The number of rotatable bonds is 2. The summed E-state index contributed by atoms with van der Waals surface area (Å²) in [6.07, 6.45) is 3.03. The Bertz CT molecular complexity index is 372. The Labute approximate surface area is 102 Å². The molecule has 2 rings (SSSR count). The Hall–Kier alpha value is -1.10. The lowest BCUT2D eigenvalue weighted by atomic mass is 9.97. The molecule has 0 radical (unpaired) electrons. The number of piperidine rings is 1. The van der Waals surface area contributed by atoms with Gasteiger partial charge >= 0.3 is 0 Å². The van der Waals surface area contributed by atoms with E-state index in [1.165, 1.54) is 0 Å². The summed E-state index contributed by atoms with van der Waals surface area (Å²) in [5.74, 6) is -0.324. The van der Waals surface area contributed by atoms with E-state index in [0.29, 0.717) is 12.8 Å². The number of hydrogen-bond donors (Lipinski definition) is 0. The lowest BCUT2D eigenvalue weighted by molar-refractivity contribution is -0.312. The second kappa shape index (κ2) is 4.82. The van der Waals surface area contributed by atoms with Crippen molar-refractivity contribution in [3.05, 3.63) is 22.8 Å². The van der Waals surface area contributed by atoms with E-state index in [1.807, 2.05) is 12.1 Å². The van der Waals surface area contributed by atoms with E-state index in [-0.39, 0.29) is 5.92 Å². The summed E-state index contributed by atoms with van der Waals surface area (Å²) in [5.41, 5.74) is 0. The van der Waals surface area contributed by atoms with Crippen LogP contribution in [0.25, 0.3) is 0 Å². The average molecular weight is 284 g/mol. The molecule has 0 atom stereocenters. The van der Waals surface area contributed by atoms with Crippen LogP contribution in [-0.2, 0) is 4.79 Å². The molecule has 0 saturated carbocycles. The molecule has 1 aromatic rings. The van der Waals surface area contributed by atoms with Gasteiger partial charge in [0.1, 0.15) is 5.82 Å². The number of nitrogens with zero attached hydrogens (tertiary/aromatic N) is 2. The fourth-order valence-electron chi connectivity index (χ4n) is 1.90. The van der Waals surface area contributed by atoms with E-state index in [9.17, 15) is 9.90 Å². The molecule has 1 saturated heterocycles. The minimum Gasteiger partial charge on any atom is -0.550 e. The van der Waals surface area contributed by atoms with Gasteiger partial charge in [-0.05, 0) is 40.9 Å². The number of anilines is 1. The van der Waals surface area contributed by atoms with E-state index in [2.05, 4.69) is 25.8 Å². The second-order valence-electron chi connectivity index (χ2n) is 3.91. The van der Waals surface area contributed by atoms with Crippen molar-refractivity contribution in [1.82, 2.24) is 4.98 Å². The first-order valence-electron chi connectivity index (χ1n) is 5.24. The van der Waals surface area contributed by atoms with Gasteiger partial charge < -0.3 is 14.8 Å². The molecule has 0 aromatic carbocycles. The third-order valence-corrected chi connectivity index (χ3v) is 3.33. The first-order valence-corrected chi connectivity index (χ1v) is 6.03. The number of carboxylic acids is 1. The molecule has 2 heterocycles. The van der Waals surface area contributed by atoms with Gasteiger partial charge in [0.2, 0.25) is 0 Å². The van der Waals surface area contributed by atoms with Crippen LogP contribution in [0.5, 0.6) is 0 Å². The summed E-state index contributed by atoms with van der Waals surface area (Å²) in [6.45, 7) is 1.46. The lowest BCUT2D eigenvalue weighted by Crippen LogP contribution is -2.41. The van der Waals surface area contributed by atoms with Gasteiger partial charge in [0.05, 0.1) is 0 Å². The normalized spacial score (nSPS) is 17.4. The first-order chi connectivity index (χ1) is 7.66.